The zero-order valence-electron chi connectivity index (χ0n) is 8.03. The van der Waals surface area contributed by atoms with Gasteiger partial charge in [-0.2, -0.15) is 5.26 Å². The van der Waals surface area contributed by atoms with Crippen molar-refractivity contribution in [1.82, 2.24) is 0 Å². The second kappa shape index (κ2) is 4.51. The van der Waals surface area contributed by atoms with Gasteiger partial charge in [0.2, 0.25) is 0 Å². The zero-order chi connectivity index (χ0) is 11.4. The molecule has 1 aromatic rings. The van der Waals surface area contributed by atoms with Crippen molar-refractivity contribution in [3.05, 3.63) is 45.4 Å². The molecule has 0 aliphatic heterocycles. The van der Waals surface area contributed by atoms with Crippen molar-refractivity contribution in [2.24, 2.45) is 0 Å². The third kappa shape index (κ3) is 2.50. The van der Waals surface area contributed by atoms with Gasteiger partial charge in [0, 0.05) is 18.1 Å². The minimum Gasteiger partial charge on any atom is -0.258 e. The van der Waals surface area contributed by atoms with Gasteiger partial charge in [0.25, 0.3) is 5.69 Å². The van der Waals surface area contributed by atoms with Gasteiger partial charge in [-0.1, -0.05) is 6.92 Å². The van der Waals surface area contributed by atoms with Crippen LogP contribution >= 0.6 is 0 Å². The van der Waals surface area contributed by atoms with Crippen LogP contribution in [0.4, 0.5) is 10.1 Å². The van der Waals surface area contributed by atoms with Crippen LogP contribution in [0.2, 0.25) is 0 Å². The largest absolute Gasteiger partial charge is 0.271 e. The zero-order valence-corrected chi connectivity index (χ0v) is 8.03. The maximum absolute atomic E-state index is 12.4. The van der Waals surface area contributed by atoms with E-state index in [4.69, 9.17) is 5.26 Å². The van der Waals surface area contributed by atoms with E-state index in [1.165, 1.54) is 19.1 Å². The molecule has 0 aromatic heterocycles. The summed E-state index contributed by atoms with van der Waals surface area (Å²) in [5.41, 5.74) is 0.354. The molecule has 0 unspecified atom stereocenters. The molecule has 0 bridgehead atoms. The molecule has 1 radical (unpaired) electrons. The summed E-state index contributed by atoms with van der Waals surface area (Å²) in [6, 6.07) is 5.66. The summed E-state index contributed by atoms with van der Waals surface area (Å²) >= 11 is 0. The molecule has 0 atom stereocenters. The molecule has 0 N–H and O–H groups in total. The quantitative estimate of drug-likeness (QED) is 0.564. The summed E-state index contributed by atoms with van der Waals surface area (Å²) in [6.07, 6.45) is 0. The number of alkyl halides is 1. The summed E-state index contributed by atoms with van der Waals surface area (Å²) in [6.45, 7) is 0.840. The SMILES string of the molecule is C[C](CF)c1cc(C#N)cc([N+](=O)[O-])c1. The van der Waals surface area contributed by atoms with E-state index >= 15 is 0 Å². The number of hydrogen-bond acceptors (Lipinski definition) is 3. The number of halogens is 1. The van der Waals surface area contributed by atoms with Crippen LogP contribution in [0.15, 0.2) is 18.2 Å². The second-order valence-electron chi connectivity index (χ2n) is 3.05. The minimum absolute atomic E-state index is 0.159. The first kappa shape index (κ1) is 11.1. The van der Waals surface area contributed by atoms with Crippen LogP contribution in [0.25, 0.3) is 0 Å². The van der Waals surface area contributed by atoms with Gasteiger partial charge < -0.3 is 0 Å². The van der Waals surface area contributed by atoms with E-state index in [-0.39, 0.29) is 11.3 Å². The third-order valence-corrected chi connectivity index (χ3v) is 1.95. The fourth-order valence-electron chi connectivity index (χ4n) is 1.10. The van der Waals surface area contributed by atoms with E-state index in [0.717, 1.165) is 6.07 Å². The molecule has 77 valence electrons. The van der Waals surface area contributed by atoms with Gasteiger partial charge in [-0.15, -0.1) is 0 Å². The van der Waals surface area contributed by atoms with Crippen molar-refractivity contribution >= 4 is 5.69 Å². The van der Waals surface area contributed by atoms with Gasteiger partial charge in [-0.25, -0.2) is 0 Å². The molecule has 1 rings (SSSR count). The van der Waals surface area contributed by atoms with Crippen LogP contribution < -0.4 is 0 Å². The Morgan fingerprint density at radius 2 is 2.27 bits per heavy atom. The van der Waals surface area contributed by atoms with Crippen LogP contribution in [0.3, 0.4) is 0 Å². The Morgan fingerprint density at radius 3 is 2.73 bits per heavy atom. The molecule has 5 heteroatoms. The smallest absolute Gasteiger partial charge is 0.258 e. The first-order valence-corrected chi connectivity index (χ1v) is 4.17. The van der Waals surface area contributed by atoms with Crippen molar-refractivity contribution < 1.29 is 9.31 Å². The van der Waals surface area contributed by atoms with E-state index in [0.29, 0.717) is 11.5 Å². The van der Waals surface area contributed by atoms with Crippen LogP contribution in [0.5, 0.6) is 0 Å². The fourth-order valence-corrected chi connectivity index (χ4v) is 1.10. The lowest BCUT2D eigenvalue weighted by atomic mass is 10.00. The molecule has 0 spiro atoms. The number of nitriles is 1. The average Bonchev–Trinajstić information content (AvgIpc) is 2.27. The number of nitro benzene ring substituents is 1. The highest BCUT2D eigenvalue weighted by Gasteiger charge is 2.13. The highest BCUT2D eigenvalue weighted by atomic mass is 19.1. The highest BCUT2D eigenvalue weighted by Crippen LogP contribution is 2.22. The fraction of sp³-hybridized carbons (Fsp3) is 0.200. The molecular formula is C10H8FN2O2. The Morgan fingerprint density at radius 1 is 1.60 bits per heavy atom. The standard InChI is InChI=1S/C10H8FN2O2/c1-7(5-11)9-2-8(6-12)3-10(4-9)13(14)15/h2-4H,5H2,1H3. The minimum atomic E-state index is -0.688. The average molecular weight is 207 g/mol. The number of nitrogens with zero attached hydrogens (tertiary/aromatic N) is 2. The number of nitro groups is 1. The van der Waals surface area contributed by atoms with Crippen molar-refractivity contribution in [1.29, 1.82) is 5.26 Å². The number of rotatable bonds is 3. The molecule has 0 heterocycles. The monoisotopic (exact) mass is 207 g/mol. The van der Waals surface area contributed by atoms with Crippen LogP contribution in [0.1, 0.15) is 18.1 Å². The lowest BCUT2D eigenvalue weighted by Gasteiger charge is -2.06. The summed E-state index contributed by atoms with van der Waals surface area (Å²) in [4.78, 5) is 9.92. The van der Waals surface area contributed by atoms with Crippen LogP contribution in [-0.4, -0.2) is 11.6 Å². The summed E-state index contributed by atoms with van der Waals surface area (Å²) < 4.78 is 12.4. The van der Waals surface area contributed by atoms with Crippen molar-refractivity contribution in [3.8, 4) is 6.07 Å². The van der Waals surface area contributed by atoms with Gasteiger partial charge in [0.05, 0.1) is 23.2 Å². The first-order valence-electron chi connectivity index (χ1n) is 4.17. The Labute approximate surface area is 86.1 Å². The summed E-state index contributed by atoms with van der Waals surface area (Å²) in [7, 11) is 0. The van der Waals surface area contributed by atoms with E-state index in [2.05, 4.69) is 0 Å². The van der Waals surface area contributed by atoms with Gasteiger partial charge in [-0.05, 0) is 11.6 Å². The summed E-state index contributed by atoms with van der Waals surface area (Å²) in [5.74, 6) is 0.371. The van der Waals surface area contributed by atoms with Crippen molar-refractivity contribution in [2.75, 3.05) is 6.67 Å². The van der Waals surface area contributed by atoms with Gasteiger partial charge in [0.1, 0.15) is 0 Å². The van der Waals surface area contributed by atoms with Gasteiger partial charge in [0.15, 0.2) is 0 Å². The topological polar surface area (TPSA) is 66.9 Å². The van der Waals surface area contributed by atoms with Crippen LogP contribution in [0, 0.1) is 27.4 Å². The molecule has 0 saturated heterocycles. The maximum atomic E-state index is 12.4. The first-order chi connectivity index (χ1) is 7.08. The number of non-ortho nitro benzene ring substituents is 1. The van der Waals surface area contributed by atoms with Gasteiger partial charge >= 0.3 is 0 Å². The van der Waals surface area contributed by atoms with Crippen molar-refractivity contribution in [3.63, 3.8) is 0 Å². The molecule has 1 aromatic carbocycles. The third-order valence-electron chi connectivity index (χ3n) is 1.95. The lowest BCUT2D eigenvalue weighted by molar-refractivity contribution is -0.384. The van der Waals surface area contributed by atoms with E-state index < -0.39 is 11.6 Å². The molecular weight excluding hydrogens is 199 g/mol. The number of benzene rings is 1. The van der Waals surface area contributed by atoms with Crippen LogP contribution in [-0.2, 0) is 0 Å². The van der Waals surface area contributed by atoms with Gasteiger partial charge in [-0.3, -0.25) is 14.5 Å². The molecule has 15 heavy (non-hydrogen) atoms. The van der Waals surface area contributed by atoms with E-state index in [9.17, 15) is 14.5 Å². The Bertz CT molecular complexity index is 426. The summed E-state index contributed by atoms with van der Waals surface area (Å²) in [5, 5.41) is 19.2. The Balaban J connectivity index is 3.24. The Kier molecular flexibility index (Phi) is 3.34. The predicted molar refractivity (Wildman–Crippen MR) is 51.8 cm³/mol. The number of hydrogen-bond donors (Lipinski definition) is 0. The molecule has 0 fully saturated rings. The second-order valence-corrected chi connectivity index (χ2v) is 3.05. The molecule has 4 nitrogen and oxygen atoms in total. The predicted octanol–water partition coefficient (Wildman–Crippen LogP) is 2.38. The molecule has 0 aliphatic carbocycles. The molecule has 0 saturated carbocycles. The lowest BCUT2D eigenvalue weighted by Crippen LogP contribution is -1.99. The normalized spacial score (nSPS) is 10.0. The van der Waals surface area contributed by atoms with E-state index in [1.54, 1.807) is 6.07 Å². The molecule has 0 aliphatic rings. The highest BCUT2D eigenvalue weighted by molar-refractivity contribution is 5.48. The molecule has 0 amide bonds. The van der Waals surface area contributed by atoms with E-state index in [1.807, 2.05) is 0 Å². The maximum Gasteiger partial charge on any atom is 0.271 e. The Hall–Kier alpha value is -1.96. The van der Waals surface area contributed by atoms with Crippen molar-refractivity contribution in [2.45, 2.75) is 6.92 Å².